The summed E-state index contributed by atoms with van der Waals surface area (Å²) in [5, 5.41) is 13.8. The molecule has 0 radical (unpaired) electrons. The van der Waals surface area contributed by atoms with E-state index in [0.29, 0.717) is 30.3 Å². The van der Waals surface area contributed by atoms with E-state index in [9.17, 15) is 19.4 Å². The Labute approximate surface area is 361 Å². The van der Waals surface area contributed by atoms with Gasteiger partial charge in [-0.15, -0.1) is 0 Å². The number of likely N-dealkylation sites (N-methyl/N-ethyl adjacent to an activating group) is 1. The van der Waals surface area contributed by atoms with Gasteiger partial charge in [0.15, 0.2) is 0 Å². The van der Waals surface area contributed by atoms with Crippen LogP contribution in [0.3, 0.4) is 0 Å². The fraction of sp³-hybridized carbons (Fsp3) is 0.620. The van der Waals surface area contributed by atoms with Gasteiger partial charge in [-0.1, -0.05) is 175 Å². The van der Waals surface area contributed by atoms with Crippen molar-refractivity contribution in [1.82, 2.24) is 5.32 Å². The van der Waals surface area contributed by atoms with Gasteiger partial charge in [0, 0.05) is 6.42 Å². The molecule has 0 saturated heterocycles. The summed E-state index contributed by atoms with van der Waals surface area (Å²) in [7, 11) is 1.55. The molecular formula is C50H86N2O6P+. The molecule has 1 amide bonds. The number of carbonyl (C=O) groups excluding carboxylic acids is 1. The highest BCUT2D eigenvalue weighted by Gasteiger charge is 2.28. The van der Waals surface area contributed by atoms with Gasteiger partial charge < -0.3 is 19.8 Å². The van der Waals surface area contributed by atoms with Gasteiger partial charge in [0.1, 0.15) is 13.2 Å². The second kappa shape index (κ2) is 40.6. The van der Waals surface area contributed by atoms with Crippen molar-refractivity contribution in [2.45, 2.75) is 161 Å². The van der Waals surface area contributed by atoms with E-state index in [-0.39, 0.29) is 19.1 Å². The van der Waals surface area contributed by atoms with Crippen LogP contribution in [0.25, 0.3) is 0 Å². The number of phosphoric ester groups is 1. The largest absolute Gasteiger partial charge is 0.472 e. The van der Waals surface area contributed by atoms with Crippen molar-refractivity contribution in [3.05, 3.63) is 109 Å². The minimum Gasteiger partial charge on any atom is -0.391 e. The van der Waals surface area contributed by atoms with Gasteiger partial charge in [0.05, 0.1) is 39.9 Å². The van der Waals surface area contributed by atoms with Crippen molar-refractivity contribution < 1.29 is 32.9 Å². The van der Waals surface area contributed by atoms with Crippen molar-refractivity contribution in [3.63, 3.8) is 0 Å². The van der Waals surface area contributed by atoms with E-state index >= 15 is 0 Å². The van der Waals surface area contributed by atoms with Crippen LogP contribution >= 0.6 is 7.82 Å². The molecule has 0 aliphatic heterocycles. The Morgan fingerprint density at radius 3 is 1.42 bits per heavy atom. The van der Waals surface area contributed by atoms with Crippen molar-refractivity contribution in [2.75, 3.05) is 40.9 Å². The van der Waals surface area contributed by atoms with Gasteiger partial charge in [-0.3, -0.25) is 13.8 Å². The maximum absolute atomic E-state index is 12.8. The fourth-order valence-corrected chi connectivity index (χ4v) is 6.43. The van der Waals surface area contributed by atoms with E-state index < -0.39 is 20.0 Å². The maximum Gasteiger partial charge on any atom is 0.472 e. The summed E-state index contributed by atoms with van der Waals surface area (Å²) in [5.74, 6) is -0.212. The highest BCUT2D eigenvalue weighted by Crippen LogP contribution is 2.43. The summed E-state index contributed by atoms with van der Waals surface area (Å²) in [4.78, 5) is 23.0. The Hall–Kier alpha value is -2.84. The van der Waals surface area contributed by atoms with E-state index in [0.717, 1.165) is 83.5 Å². The first kappa shape index (κ1) is 56.2. The lowest BCUT2D eigenvalue weighted by Gasteiger charge is -2.26. The van der Waals surface area contributed by atoms with Crippen LogP contribution in [0.5, 0.6) is 0 Å². The third kappa shape index (κ3) is 43.1. The molecule has 59 heavy (non-hydrogen) atoms. The first-order valence-electron chi connectivity index (χ1n) is 22.8. The molecule has 0 heterocycles. The number of aliphatic hydroxyl groups is 1. The third-order valence-corrected chi connectivity index (χ3v) is 10.3. The number of amides is 1. The van der Waals surface area contributed by atoms with Crippen LogP contribution in [0, 0.1) is 0 Å². The van der Waals surface area contributed by atoms with Crippen LogP contribution in [-0.2, 0) is 18.4 Å². The van der Waals surface area contributed by atoms with Gasteiger partial charge in [0.2, 0.25) is 5.91 Å². The number of nitrogens with one attached hydrogen (secondary N) is 1. The molecular weight excluding hydrogens is 756 g/mol. The predicted molar refractivity (Wildman–Crippen MR) is 253 cm³/mol. The Morgan fingerprint density at radius 1 is 0.593 bits per heavy atom. The molecule has 0 aromatic heterocycles. The van der Waals surface area contributed by atoms with E-state index in [2.05, 4.69) is 129 Å². The zero-order valence-electron chi connectivity index (χ0n) is 37.9. The molecule has 3 N–H and O–H groups in total. The molecule has 0 aromatic rings. The number of aliphatic hydroxyl groups excluding tert-OH is 1. The maximum atomic E-state index is 12.8. The van der Waals surface area contributed by atoms with Crippen LogP contribution in [0.4, 0.5) is 0 Å². The quantitative estimate of drug-likeness (QED) is 0.0246. The number of carbonyl (C=O) groups is 1. The molecule has 3 atom stereocenters. The molecule has 3 unspecified atom stereocenters. The summed E-state index contributed by atoms with van der Waals surface area (Å²) in [6.45, 7) is 4.65. The summed E-state index contributed by atoms with van der Waals surface area (Å²) in [6.07, 6.45) is 58.6. The smallest absolute Gasteiger partial charge is 0.391 e. The lowest BCUT2D eigenvalue weighted by Crippen LogP contribution is -2.46. The van der Waals surface area contributed by atoms with E-state index in [1.165, 1.54) is 32.1 Å². The van der Waals surface area contributed by atoms with Gasteiger partial charge in [-0.25, -0.2) is 4.57 Å². The van der Waals surface area contributed by atoms with Gasteiger partial charge in [0.25, 0.3) is 0 Å². The normalized spacial score (nSPS) is 15.3. The number of quaternary nitrogens is 1. The molecule has 0 aliphatic rings. The molecule has 0 spiro atoms. The van der Waals surface area contributed by atoms with E-state index in [1.54, 1.807) is 0 Å². The highest BCUT2D eigenvalue weighted by atomic mass is 31.2. The molecule has 9 heteroatoms. The van der Waals surface area contributed by atoms with Crippen molar-refractivity contribution >= 4 is 13.7 Å². The van der Waals surface area contributed by atoms with Crippen molar-refractivity contribution in [3.8, 4) is 0 Å². The topological polar surface area (TPSA) is 105 Å². The first-order valence-corrected chi connectivity index (χ1v) is 24.2. The minimum atomic E-state index is -4.33. The summed E-state index contributed by atoms with van der Waals surface area (Å²) >= 11 is 0. The zero-order chi connectivity index (χ0) is 43.6. The number of unbranched alkanes of at least 4 members (excludes halogenated alkanes) is 8. The minimum absolute atomic E-state index is 0.0567. The summed E-state index contributed by atoms with van der Waals surface area (Å²) in [6, 6.07) is -0.796. The standard InChI is InChI=1S/C50H85N2O6P/c1-6-8-10-12-14-16-17-18-19-20-21-22-23-24-25-26-27-28-29-30-31-32-33-34-35-36-38-40-42-44-50(54)51-48(47-58-59(55,56)57-46-45-52(3,4)5)49(53)43-41-39-37-15-13-11-9-7-2/h8,10,14,16,18-19,21-22,24-25,27-28,30-31,33-34,36,38,48-49,53H,6-7,9,11-13,15,17,20,23,26,29,32,35,37,39-47H2,1-5H3,(H-,51,54,55,56)/p+1/b10-8-,16-14-,19-18-,22-21-,25-24-,28-27-,31-30-,34-33-,38-36-. The van der Waals surface area contributed by atoms with E-state index in [1.807, 2.05) is 21.1 Å². The summed E-state index contributed by atoms with van der Waals surface area (Å²) in [5.41, 5.74) is 0. The van der Waals surface area contributed by atoms with Gasteiger partial charge in [-0.2, -0.15) is 0 Å². The predicted octanol–water partition coefficient (Wildman–Crippen LogP) is 12.9. The SMILES string of the molecule is CC/C=C\C/C=C\C/C=C\C/C=C\C/C=C\C/C=C\C/C=C\C/C=C\C/C=C\CCCC(=O)NC(COP(=O)(O)OCC[N+](C)(C)C)C(O)CCCCCCCCCC. The lowest BCUT2D eigenvalue weighted by atomic mass is 10.0. The molecule has 0 aliphatic carbocycles. The van der Waals surface area contributed by atoms with Crippen LogP contribution in [0.1, 0.15) is 149 Å². The second-order valence-electron chi connectivity index (χ2n) is 16.0. The lowest BCUT2D eigenvalue weighted by molar-refractivity contribution is -0.870. The number of rotatable bonds is 39. The van der Waals surface area contributed by atoms with Gasteiger partial charge >= 0.3 is 7.82 Å². The third-order valence-electron chi connectivity index (χ3n) is 9.29. The van der Waals surface area contributed by atoms with Crippen LogP contribution in [-0.4, -0.2) is 73.4 Å². The second-order valence-corrected chi connectivity index (χ2v) is 17.5. The molecule has 336 valence electrons. The molecule has 0 saturated carbocycles. The number of nitrogens with zero attached hydrogens (tertiary/aromatic N) is 1. The Bertz CT molecular complexity index is 1320. The first-order chi connectivity index (χ1) is 28.5. The molecule has 0 aromatic carbocycles. The monoisotopic (exact) mass is 842 g/mol. The van der Waals surface area contributed by atoms with Crippen molar-refractivity contribution in [1.29, 1.82) is 0 Å². The van der Waals surface area contributed by atoms with E-state index in [4.69, 9.17) is 9.05 Å². The Kier molecular flexibility index (Phi) is 38.6. The number of allylic oxidation sites excluding steroid dienone is 18. The Morgan fingerprint density at radius 2 is 1.00 bits per heavy atom. The van der Waals surface area contributed by atoms with Crippen LogP contribution in [0.15, 0.2) is 109 Å². The average Bonchev–Trinajstić information content (AvgIpc) is 3.19. The average molecular weight is 842 g/mol. The molecule has 0 bridgehead atoms. The zero-order valence-corrected chi connectivity index (χ0v) is 38.8. The highest BCUT2D eigenvalue weighted by molar-refractivity contribution is 7.47. The molecule has 0 rings (SSSR count). The van der Waals surface area contributed by atoms with Gasteiger partial charge in [-0.05, 0) is 77.0 Å². The fourth-order valence-electron chi connectivity index (χ4n) is 5.69. The number of hydrogen-bond donors (Lipinski definition) is 3. The van der Waals surface area contributed by atoms with Crippen LogP contribution in [0.2, 0.25) is 0 Å². The molecule has 0 fully saturated rings. The number of phosphoric acid groups is 1. The molecule has 8 nitrogen and oxygen atoms in total. The Balaban J connectivity index is 4.33. The summed E-state index contributed by atoms with van der Waals surface area (Å²) < 4.78 is 23.5. The number of hydrogen-bond acceptors (Lipinski definition) is 5. The van der Waals surface area contributed by atoms with Crippen LogP contribution < -0.4 is 5.32 Å². The van der Waals surface area contributed by atoms with Crippen molar-refractivity contribution in [2.24, 2.45) is 0 Å².